The Balaban J connectivity index is 1.57. The zero-order valence-electron chi connectivity index (χ0n) is 22.4. The summed E-state index contributed by atoms with van der Waals surface area (Å²) in [5.74, 6) is -1.16. The highest BCUT2D eigenvalue weighted by molar-refractivity contribution is 6.01. The number of nitrogens with one attached hydrogen (secondary N) is 3. The molecule has 39 heavy (non-hydrogen) atoms. The zero-order chi connectivity index (χ0) is 27.8. The van der Waals surface area contributed by atoms with E-state index in [-0.39, 0.29) is 43.0 Å². The maximum absolute atomic E-state index is 13.6. The van der Waals surface area contributed by atoms with E-state index in [4.69, 9.17) is 4.74 Å². The minimum Gasteiger partial charge on any atom is -0.491 e. The van der Waals surface area contributed by atoms with Crippen LogP contribution < -0.4 is 20.7 Å². The Morgan fingerprint density at radius 3 is 2.77 bits per heavy atom. The molecule has 0 radical (unpaired) electrons. The maximum atomic E-state index is 13.6. The van der Waals surface area contributed by atoms with Gasteiger partial charge < -0.3 is 25.6 Å². The number of carbonyl (C=O) groups excluding carboxylic acids is 4. The summed E-state index contributed by atoms with van der Waals surface area (Å²) in [6.07, 6.45) is 6.92. The van der Waals surface area contributed by atoms with Crippen molar-refractivity contribution in [1.29, 1.82) is 0 Å². The molecule has 4 amide bonds. The van der Waals surface area contributed by atoms with Crippen LogP contribution in [0.25, 0.3) is 0 Å². The normalized spacial score (nSPS) is 22.2. The maximum Gasteiger partial charge on any atom is 0.255 e. The smallest absolute Gasteiger partial charge is 0.255 e. The summed E-state index contributed by atoms with van der Waals surface area (Å²) in [7, 11) is 0. The summed E-state index contributed by atoms with van der Waals surface area (Å²) in [5, 5.41) is 8.32. The third kappa shape index (κ3) is 7.52. The number of amides is 4. The Morgan fingerprint density at radius 1 is 1.18 bits per heavy atom. The van der Waals surface area contributed by atoms with Crippen LogP contribution in [-0.4, -0.2) is 76.3 Å². The summed E-state index contributed by atoms with van der Waals surface area (Å²) >= 11 is 0. The first-order chi connectivity index (χ1) is 18.8. The van der Waals surface area contributed by atoms with E-state index in [9.17, 15) is 19.2 Å². The summed E-state index contributed by atoms with van der Waals surface area (Å²) < 4.78 is 6.06. The zero-order valence-corrected chi connectivity index (χ0v) is 22.4. The lowest BCUT2D eigenvalue weighted by Crippen LogP contribution is -2.54. The van der Waals surface area contributed by atoms with Gasteiger partial charge in [-0.1, -0.05) is 26.0 Å². The average Bonchev–Trinajstić information content (AvgIpc) is 3.39. The first-order valence-corrected chi connectivity index (χ1v) is 13.5. The number of nitrogens with zero attached hydrogens (tertiary/aromatic N) is 3. The molecule has 2 aliphatic heterocycles. The van der Waals surface area contributed by atoms with Crippen LogP contribution in [-0.2, 0) is 20.8 Å². The van der Waals surface area contributed by atoms with E-state index in [0.29, 0.717) is 30.8 Å². The van der Waals surface area contributed by atoms with Crippen molar-refractivity contribution in [3.8, 4) is 5.75 Å². The van der Waals surface area contributed by atoms with E-state index in [1.54, 1.807) is 47.8 Å². The molecule has 1 fully saturated rings. The predicted molar refractivity (Wildman–Crippen MR) is 143 cm³/mol. The number of ether oxygens (including phenoxy) is 1. The molecule has 3 atom stereocenters. The Bertz CT molecular complexity index is 1170. The number of para-hydroxylation sites is 1. The molecule has 4 rings (SSSR count). The monoisotopic (exact) mass is 536 g/mol. The lowest BCUT2D eigenvalue weighted by Gasteiger charge is -2.31. The lowest BCUT2D eigenvalue weighted by atomic mass is 10.0. The van der Waals surface area contributed by atoms with Gasteiger partial charge in [0.25, 0.3) is 5.91 Å². The predicted octanol–water partition coefficient (Wildman–Crippen LogP) is 1.24. The van der Waals surface area contributed by atoms with E-state index in [1.165, 1.54) is 0 Å². The summed E-state index contributed by atoms with van der Waals surface area (Å²) in [6.45, 7) is 5.02. The molecule has 0 saturated carbocycles. The third-order valence-electron chi connectivity index (χ3n) is 6.87. The minimum atomic E-state index is -1.16. The van der Waals surface area contributed by atoms with Gasteiger partial charge in [-0.05, 0) is 37.3 Å². The molecule has 0 spiro atoms. The van der Waals surface area contributed by atoms with Gasteiger partial charge in [0, 0.05) is 38.1 Å². The van der Waals surface area contributed by atoms with Crippen molar-refractivity contribution in [3.05, 3.63) is 54.1 Å². The molecule has 11 nitrogen and oxygen atoms in total. The molecule has 2 aliphatic rings. The highest BCUT2D eigenvalue weighted by Gasteiger charge is 2.36. The molecule has 3 N–H and O–H groups in total. The molecule has 1 aromatic heterocycles. The second kappa shape index (κ2) is 13.2. The first kappa shape index (κ1) is 28.0. The van der Waals surface area contributed by atoms with Gasteiger partial charge in [0.15, 0.2) is 0 Å². The van der Waals surface area contributed by atoms with Gasteiger partial charge in [0.05, 0.1) is 23.7 Å². The standard InChI is InChI=1S/C28H36N6O5/c1-18(2)14-23-28(38)34-13-5-6-20(34)17-39-24-8-4-3-7-21(24)26(36)33-22(15-25(35)32-23)27(37)31-10-9-19-16-29-11-12-30-19/h3-4,7-8,11-12,16,18,20,22-23H,5-6,9-10,13-15,17H2,1-2H3,(H,31,37)(H,32,35)(H,33,36)/t20-,22+,23+/m1/s1. The van der Waals surface area contributed by atoms with Gasteiger partial charge in [-0.3, -0.25) is 29.1 Å². The third-order valence-corrected chi connectivity index (χ3v) is 6.87. The molecule has 0 unspecified atom stereocenters. The van der Waals surface area contributed by atoms with Crippen molar-refractivity contribution in [1.82, 2.24) is 30.8 Å². The largest absolute Gasteiger partial charge is 0.491 e. The molecule has 0 bridgehead atoms. The Kier molecular flexibility index (Phi) is 9.45. The van der Waals surface area contributed by atoms with E-state index in [1.807, 2.05) is 13.8 Å². The number of rotatable bonds is 6. The quantitative estimate of drug-likeness (QED) is 0.504. The summed E-state index contributed by atoms with van der Waals surface area (Å²) in [5.41, 5.74) is 0.952. The lowest BCUT2D eigenvalue weighted by molar-refractivity contribution is -0.138. The topological polar surface area (TPSA) is 143 Å². The van der Waals surface area contributed by atoms with Crippen LogP contribution in [0.1, 0.15) is 55.6 Å². The van der Waals surface area contributed by atoms with E-state index < -0.39 is 29.8 Å². The molecule has 0 aliphatic carbocycles. The first-order valence-electron chi connectivity index (χ1n) is 13.5. The molecular weight excluding hydrogens is 500 g/mol. The van der Waals surface area contributed by atoms with Gasteiger partial charge in [-0.15, -0.1) is 0 Å². The number of hydrogen-bond acceptors (Lipinski definition) is 7. The van der Waals surface area contributed by atoms with Crippen molar-refractivity contribution in [2.24, 2.45) is 5.92 Å². The summed E-state index contributed by atoms with van der Waals surface area (Å²) in [6, 6.07) is 4.71. The number of benzene rings is 1. The van der Waals surface area contributed by atoms with Crippen LogP contribution in [0, 0.1) is 5.92 Å². The van der Waals surface area contributed by atoms with Crippen molar-refractivity contribution >= 4 is 23.6 Å². The van der Waals surface area contributed by atoms with Crippen LogP contribution in [0.2, 0.25) is 0 Å². The van der Waals surface area contributed by atoms with Crippen molar-refractivity contribution in [2.75, 3.05) is 19.7 Å². The van der Waals surface area contributed by atoms with Gasteiger partial charge in [-0.25, -0.2) is 0 Å². The van der Waals surface area contributed by atoms with Gasteiger partial charge in [0.1, 0.15) is 24.4 Å². The fourth-order valence-corrected chi connectivity index (χ4v) is 4.94. The Labute approximate surface area is 228 Å². The summed E-state index contributed by atoms with van der Waals surface area (Å²) in [4.78, 5) is 63.2. The van der Waals surface area contributed by atoms with Crippen LogP contribution in [0.5, 0.6) is 5.75 Å². The molecule has 3 heterocycles. The second-order valence-corrected chi connectivity index (χ2v) is 10.4. The van der Waals surface area contributed by atoms with E-state index in [2.05, 4.69) is 25.9 Å². The molecule has 1 saturated heterocycles. The molecule has 2 aromatic rings. The molecular formula is C28H36N6O5. The van der Waals surface area contributed by atoms with Crippen LogP contribution in [0.4, 0.5) is 0 Å². The van der Waals surface area contributed by atoms with E-state index >= 15 is 0 Å². The van der Waals surface area contributed by atoms with Gasteiger partial charge in [0.2, 0.25) is 17.7 Å². The molecule has 208 valence electrons. The van der Waals surface area contributed by atoms with Gasteiger partial charge in [-0.2, -0.15) is 0 Å². The van der Waals surface area contributed by atoms with Crippen LogP contribution in [0.15, 0.2) is 42.9 Å². The number of aromatic nitrogens is 2. The van der Waals surface area contributed by atoms with E-state index in [0.717, 1.165) is 12.8 Å². The van der Waals surface area contributed by atoms with Crippen LogP contribution in [0.3, 0.4) is 0 Å². The highest BCUT2D eigenvalue weighted by Crippen LogP contribution is 2.24. The minimum absolute atomic E-state index is 0.150. The Hall–Kier alpha value is -4.02. The highest BCUT2D eigenvalue weighted by atomic mass is 16.5. The molecule has 11 heteroatoms. The second-order valence-electron chi connectivity index (χ2n) is 10.4. The number of carbonyl (C=O) groups is 4. The fourth-order valence-electron chi connectivity index (χ4n) is 4.94. The number of hydrogen-bond donors (Lipinski definition) is 3. The van der Waals surface area contributed by atoms with Crippen molar-refractivity contribution in [2.45, 2.75) is 64.1 Å². The SMILES string of the molecule is CC(C)C[C@@H]1NC(=O)C[C@@H](C(=O)NCCc2cnccn2)NC(=O)c2ccccc2OC[C@H]2CCCN2C1=O. The van der Waals surface area contributed by atoms with Gasteiger partial charge >= 0.3 is 0 Å². The average molecular weight is 537 g/mol. The van der Waals surface area contributed by atoms with Crippen molar-refractivity contribution in [3.63, 3.8) is 0 Å². The number of fused-ring (bicyclic) bond motifs is 2. The van der Waals surface area contributed by atoms with Crippen LogP contribution >= 0.6 is 0 Å². The Morgan fingerprint density at radius 2 is 2.00 bits per heavy atom. The van der Waals surface area contributed by atoms with Crippen molar-refractivity contribution < 1.29 is 23.9 Å². The molecule has 1 aromatic carbocycles. The fraction of sp³-hybridized carbons (Fsp3) is 0.500.